The lowest BCUT2D eigenvalue weighted by atomic mass is 10.1. The normalized spacial score (nSPS) is 11.1. The zero-order valence-corrected chi connectivity index (χ0v) is 16.2. The molecule has 4 aromatic rings. The molecule has 2 aromatic carbocycles. The van der Waals surface area contributed by atoms with Gasteiger partial charge in [-0.2, -0.15) is 0 Å². The molecule has 0 unspecified atom stereocenters. The van der Waals surface area contributed by atoms with Crippen molar-refractivity contribution in [3.8, 4) is 11.4 Å². The Bertz CT molecular complexity index is 1120. The molecule has 0 aliphatic heterocycles. The fourth-order valence-corrected chi connectivity index (χ4v) is 3.29. The molecule has 0 aliphatic rings. The molecule has 0 radical (unpaired) electrons. The Morgan fingerprint density at radius 3 is 2.61 bits per heavy atom. The van der Waals surface area contributed by atoms with Gasteiger partial charge in [-0.15, -0.1) is 0 Å². The van der Waals surface area contributed by atoms with E-state index in [1.807, 2.05) is 50.2 Å². The number of carbonyl (C=O) groups excluding carboxylic acids is 1. The average Bonchev–Trinajstić information content (AvgIpc) is 3.23. The smallest absolute Gasteiger partial charge is 0.224 e. The molecule has 0 saturated carbocycles. The number of anilines is 1. The lowest BCUT2D eigenvalue weighted by Gasteiger charge is -2.06. The van der Waals surface area contributed by atoms with Gasteiger partial charge in [0.15, 0.2) is 0 Å². The average molecular weight is 374 g/mol. The Labute approximate surface area is 163 Å². The minimum absolute atomic E-state index is 0.0352. The number of amides is 1. The molecule has 0 atom stereocenters. The van der Waals surface area contributed by atoms with E-state index in [1.54, 1.807) is 0 Å². The SMILES string of the molecule is Cc1ccc2nc(-c3ccc(NC(=O)CCc4c(C)noc4C)cc3)[nH]c2c1. The van der Waals surface area contributed by atoms with Crippen molar-refractivity contribution in [3.05, 3.63) is 65.0 Å². The second kappa shape index (κ2) is 7.31. The summed E-state index contributed by atoms with van der Waals surface area (Å²) in [5.41, 5.74) is 6.74. The minimum atomic E-state index is -0.0352. The monoisotopic (exact) mass is 374 g/mol. The van der Waals surface area contributed by atoms with Gasteiger partial charge in [-0.1, -0.05) is 11.2 Å². The van der Waals surface area contributed by atoms with E-state index in [2.05, 4.69) is 33.4 Å². The van der Waals surface area contributed by atoms with Crippen molar-refractivity contribution in [2.45, 2.75) is 33.6 Å². The number of fused-ring (bicyclic) bond motifs is 1. The molecule has 28 heavy (non-hydrogen) atoms. The molecule has 0 aliphatic carbocycles. The number of aromatic amines is 1. The van der Waals surface area contributed by atoms with Crippen molar-refractivity contribution in [2.75, 3.05) is 5.32 Å². The Kier molecular flexibility index (Phi) is 4.69. The first-order chi connectivity index (χ1) is 13.5. The van der Waals surface area contributed by atoms with Crippen LogP contribution in [0.3, 0.4) is 0 Å². The van der Waals surface area contributed by atoms with Crippen LogP contribution in [0.15, 0.2) is 47.0 Å². The van der Waals surface area contributed by atoms with Gasteiger partial charge in [-0.3, -0.25) is 4.79 Å². The summed E-state index contributed by atoms with van der Waals surface area (Å²) < 4.78 is 5.14. The molecule has 0 bridgehead atoms. The van der Waals surface area contributed by atoms with Crippen molar-refractivity contribution in [3.63, 3.8) is 0 Å². The molecule has 1 amide bonds. The van der Waals surface area contributed by atoms with Gasteiger partial charge >= 0.3 is 0 Å². The summed E-state index contributed by atoms with van der Waals surface area (Å²) in [7, 11) is 0. The second-order valence-corrected chi connectivity index (χ2v) is 7.03. The zero-order chi connectivity index (χ0) is 19.7. The molecule has 2 heterocycles. The lowest BCUT2D eigenvalue weighted by molar-refractivity contribution is -0.116. The summed E-state index contributed by atoms with van der Waals surface area (Å²) in [5.74, 6) is 1.56. The summed E-state index contributed by atoms with van der Waals surface area (Å²) in [6, 6.07) is 13.8. The Morgan fingerprint density at radius 1 is 1.11 bits per heavy atom. The van der Waals surface area contributed by atoms with Gasteiger partial charge in [-0.05, 0) is 69.2 Å². The van der Waals surface area contributed by atoms with Crippen LogP contribution in [0.5, 0.6) is 0 Å². The van der Waals surface area contributed by atoms with Crippen LogP contribution in [0.2, 0.25) is 0 Å². The van der Waals surface area contributed by atoms with Gasteiger partial charge in [0.1, 0.15) is 11.6 Å². The van der Waals surface area contributed by atoms with E-state index in [0.29, 0.717) is 12.8 Å². The number of nitrogens with zero attached hydrogens (tertiary/aromatic N) is 2. The molecule has 4 rings (SSSR count). The number of hydrogen-bond acceptors (Lipinski definition) is 4. The van der Waals surface area contributed by atoms with Gasteiger partial charge < -0.3 is 14.8 Å². The summed E-state index contributed by atoms with van der Waals surface area (Å²) >= 11 is 0. The van der Waals surface area contributed by atoms with Crippen LogP contribution in [0.1, 0.15) is 29.0 Å². The Morgan fingerprint density at radius 2 is 1.89 bits per heavy atom. The van der Waals surface area contributed by atoms with Crippen LogP contribution >= 0.6 is 0 Å². The molecule has 2 N–H and O–H groups in total. The van der Waals surface area contributed by atoms with Crippen LogP contribution in [-0.2, 0) is 11.2 Å². The lowest BCUT2D eigenvalue weighted by Crippen LogP contribution is -2.12. The Hall–Kier alpha value is -3.41. The number of hydrogen-bond donors (Lipinski definition) is 2. The van der Waals surface area contributed by atoms with Gasteiger partial charge in [-0.25, -0.2) is 4.98 Å². The van der Waals surface area contributed by atoms with Crippen LogP contribution < -0.4 is 5.32 Å². The first-order valence-corrected chi connectivity index (χ1v) is 9.28. The first-order valence-electron chi connectivity index (χ1n) is 9.28. The molecule has 2 aromatic heterocycles. The summed E-state index contributed by atoms with van der Waals surface area (Å²) in [6.07, 6.45) is 0.997. The summed E-state index contributed by atoms with van der Waals surface area (Å²) in [6.45, 7) is 5.82. The van der Waals surface area contributed by atoms with Gasteiger partial charge in [0.25, 0.3) is 0 Å². The molecule has 142 valence electrons. The maximum atomic E-state index is 12.3. The maximum Gasteiger partial charge on any atom is 0.224 e. The number of rotatable bonds is 5. The van der Waals surface area contributed by atoms with Crippen LogP contribution in [-0.4, -0.2) is 21.0 Å². The molecular formula is C22H22N4O2. The highest BCUT2D eigenvalue weighted by Gasteiger charge is 2.12. The topological polar surface area (TPSA) is 83.8 Å². The van der Waals surface area contributed by atoms with E-state index in [-0.39, 0.29) is 5.91 Å². The fourth-order valence-electron chi connectivity index (χ4n) is 3.29. The number of carbonyl (C=O) groups is 1. The number of aryl methyl sites for hydroxylation is 3. The van der Waals surface area contributed by atoms with E-state index < -0.39 is 0 Å². The quantitative estimate of drug-likeness (QED) is 0.530. The predicted octanol–water partition coefficient (Wildman–Crippen LogP) is 4.71. The number of aromatic nitrogens is 3. The van der Waals surface area contributed by atoms with Gasteiger partial charge in [0.2, 0.25) is 5.91 Å². The third-order valence-electron chi connectivity index (χ3n) is 4.86. The predicted molar refractivity (Wildman–Crippen MR) is 109 cm³/mol. The van der Waals surface area contributed by atoms with Crippen LogP contribution in [0, 0.1) is 20.8 Å². The second-order valence-electron chi connectivity index (χ2n) is 7.03. The van der Waals surface area contributed by atoms with E-state index in [1.165, 1.54) is 5.56 Å². The molecule has 0 saturated heterocycles. The van der Waals surface area contributed by atoms with Gasteiger partial charge in [0.05, 0.1) is 16.7 Å². The van der Waals surface area contributed by atoms with Crippen LogP contribution in [0.4, 0.5) is 5.69 Å². The standard InChI is InChI=1S/C22H22N4O2/c1-13-4-10-19-20(12-13)25-22(24-19)16-5-7-17(8-6-16)23-21(27)11-9-18-14(2)26-28-15(18)3/h4-8,10,12H,9,11H2,1-3H3,(H,23,27)(H,24,25). The summed E-state index contributed by atoms with van der Waals surface area (Å²) in [5, 5.41) is 6.86. The van der Waals surface area contributed by atoms with E-state index in [9.17, 15) is 4.79 Å². The molecule has 0 spiro atoms. The molecule has 6 heteroatoms. The zero-order valence-electron chi connectivity index (χ0n) is 16.2. The highest BCUT2D eigenvalue weighted by Crippen LogP contribution is 2.23. The third kappa shape index (κ3) is 3.67. The van der Waals surface area contributed by atoms with E-state index in [4.69, 9.17) is 4.52 Å². The number of imidazole rings is 1. The Balaban J connectivity index is 1.41. The van der Waals surface area contributed by atoms with Crippen molar-refractivity contribution >= 4 is 22.6 Å². The third-order valence-corrected chi connectivity index (χ3v) is 4.86. The molecule has 0 fully saturated rings. The largest absolute Gasteiger partial charge is 0.361 e. The fraction of sp³-hybridized carbons (Fsp3) is 0.227. The van der Waals surface area contributed by atoms with E-state index in [0.717, 1.165) is 45.1 Å². The van der Waals surface area contributed by atoms with Crippen LogP contribution in [0.25, 0.3) is 22.4 Å². The van der Waals surface area contributed by atoms with E-state index >= 15 is 0 Å². The maximum absolute atomic E-state index is 12.3. The number of benzene rings is 2. The number of nitrogens with one attached hydrogen (secondary N) is 2. The van der Waals surface area contributed by atoms with Crippen molar-refractivity contribution in [1.29, 1.82) is 0 Å². The first kappa shape index (κ1) is 18.0. The van der Waals surface area contributed by atoms with Crippen molar-refractivity contribution < 1.29 is 9.32 Å². The highest BCUT2D eigenvalue weighted by molar-refractivity contribution is 5.91. The van der Waals surface area contributed by atoms with Crippen molar-refractivity contribution in [2.24, 2.45) is 0 Å². The highest BCUT2D eigenvalue weighted by atomic mass is 16.5. The summed E-state index contributed by atoms with van der Waals surface area (Å²) in [4.78, 5) is 20.2. The molecular weight excluding hydrogens is 352 g/mol. The minimum Gasteiger partial charge on any atom is -0.361 e. The van der Waals surface area contributed by atoms with Gasteiger partial charge in [0, 0.05) is 23.2 Å². The van der Waals surface area contributed by atoms with Crippen molar-refractivity contribution in [1.82, 2.24) is 15.1 Å². The number of H-pyrrole nitrogens is 1. The molecule has 6 nitrogen and oxygen atoms in total.